The number of aromatic hydroxyl groups is 1. The Morgan fingerprint density at radius 2 is 1.89 bits per heavy atom. The monoisotopic (exact) mass is 239 g/mol. The van der Waals surface area contributed by atoms with Crippen molar-refractivity contribution >= 4 is 22.4 Å². The summed E-state index contributed by atoms with van der Waals surface area (Å²) in [6.07, 6.45) is 3.79. The molecule has 18 heavy (non-hydrogen) atoms. The van der Waals surface area contributed by atoms with E-state index in [0.717, 1.165) is 22.4 Å². The van der Waals surface area contributed by atoms with E-state index in [-0.39, 0.29) is 5.75 Å². The first kappa shape index (κ1) is 10.7. The van der Waals surface area contributed by atoms with Crippen LogP contribution in [0.4, 0.5) is 11.4 Å². The Hall–Kier alpha value is -2.49. The number of nitrogens with zero attached hydrogens (tertiary/aromatic N) is 2. The zero-order valence-electron chi connectivity index (χ0n) is 9.96. The molecule has 0 spiro atoms. The summed E-state index contributed by atoms with van der Waals surface area (Å²) in [5.74, 6) is 0.261. The molecule has 2 N–H and O–H groups in total. The molecule has 0 aliphatic carbocycles. The number of phenolic OH excluding ortho intramolecular Hbond substituents is 1. The average Bonchev–Trinajstić information content (AvgIpc) is 2.74. The van der Waals surface area contributed by atoms with Gasteiger partial charge < -0.3 is 15.0 Å². The molecule has 0 bridgehead atoms. The Kier molecular flexibility index (Phi) is 2.41. The third kappa shape index (κ3) is 1.88. The van der Waals surface area contributed by atoms with Crippen LogP contribution >= 0.6 is 0 Å². The van der Waals surface area contributed by atoms with Crippen LogP contribution in [0.3, 0.4) is 0 Å². The number of aromatic nitrogens is 2. The molecule has 0 unspecified atom stereocenters. The highest BCUT2D eigenvalue weighted by Gasteiger charge is 2.01. The number of fused-ring (bicyclic) bond motifs is 1. The fourth-order valence-corrected chi connectivity index (χ4v) is 1.93. The molecule has 4 nitrogen and oxygen atoms in total. The first-order chi connectivity index (χ1) is 8.72. The molecule has 90 valence electrons. The van der Waals surface area contributed by atoms with E-state index in [1.807, 2.05) is 36.0 Å². The normalized spacial score (nSPS) is 10.7. The van der Waals surface area contributed by atoms with Crippen molar-refractivity contribution in [3.63, 3.8) is 0 Å². The largest absolute Gasteiger partial charge is 0.508 e. The number of aryl methyl sites for hydroxylation is 1. The summed E-state index contributed by atoms with van der Waals surface area (Å²) in [6, 6.07) is 11.0. The number of nitrogens with one attached hydrogen (secondary N) is 1. The summed E-state index contributed by atoms with van der Waals surface area (Å²) in [6.45, 7) is 0. The van der Waals surface area contributed by atoms with Crippen LogP contribution in [-0.2, 0) is 7.05 Å². The minimum Gasteiger partial charge on any atom is -0.508 e. The number of hydrogen-bond acceptors (Lipinski definition) is 3. The molecule has 0 radical (unpaired) electrons. The SMILES string of the molecule is Cn1ccc2cc(Nc3ccc(O)cc3)cnc21. The Morgan fingerprint density at radius 1 is 1.11 bits per heavy atom. The smallest absolute Gasteiger partial charge is 0.139 e. The number of rotatable bonds is 2. The van der Waals surface area contributed by atoms with Crippen molar-refractivity contribution < 1.29 is 5.11 Å². The number of anilines is 2. The summed E-state index contributed by atoms with van der Waals surface area (Å²) in [5, 5.41) is 13.6. The van der Waals surface area contributed by atoms with Gasteiger partial charge in [-0.15, -0.1) is 0 Å². The van der Waals surface area contributed by atoms with Crippen molar-refractivity contribution in [2.75, 3.05) is 5.32 Å². The lowest BCUT2D eigenvalue weighted by atomic mass is 10.2. The highest BCUT2D eigenvalue weighted by Crippen LogP contribution is 2.22. The standard InChI is InChI=1S/C14H13N3O/c1-17-7-6-10-8-12(9-15-14(10)17)16-11-2-4-13(18)5-3-11/h2-9,16,18H,1H3. The van der Waals surface area contributed by atoms with E-state index in [1.165, 1.54) is 0 Å². The summed E-state index contributed by atoms with van der Waals surface area (Å²) >= 11 is 0. The van der Waals surface area contributed by atoms with Gasteiger partial charge >= 0.3 is 0 Å². The van der Waals surface area contributed by atoms with Gasteiger partial charge in [-0.1, -0.05) is 0 Å². The zero-order valence-corrected chi connectivity index (χ0v) is 9.96. The topological polar surface area (TPSA) is 50.1 Å². The first-order valence-corrected chi connectivity index (χ1v) is 5.69. The van der Waals surface area contributed by atoms with E-state index in [4.69, 9.17) is 0 Å². The number of hydrogen-bond donors (Lipinski definition) is 2. The van der Waals surface area contributed by atoms with Crippen LogP contribution < -0.4 is 5.32 Å². The van der Waals surface area contributed by atoms with E-state index in [2.05, 4.69) is 16.4 Å². The molecule has 0 fully saturated rings. The Balaban J connectivity index is 1.92. The molecule has 0 saturated heterocycles. The summed E-state index contributed by atoms with van der Waals surface area (Å²) < 4.78 is 1.99. The second-order valence-corrected chi connectivity index (χ2v) is 4.24. The lowest BCUT2D eigenvalue weighted by Crippen LogP contribution is -1.92. The second-order valence-electron chi connectivity index (χ2n) is 4.24. The van der Waals surface area contributed by atoms with E-state index in [1.54, 1.807) is 18.3 Å². The fraction of sp³-hybridized carbons (Fsp3) is 0.0714. The first-order valence-electron chi connectivity index (χ1n) is 5.69. The molecule has 2 heterocycles. The predicted octanol–water partition coefficient (Wildman–Crippen LogP) is 3.02. The summed E-state index contributed by atoms with van der Waals surface area (Å²) in [4.78, 5) is 4.41. The van der Waals surface area contributed by atoms with Gasteiger partial charge in [0, 0.05) is 24.3 Å². The Bertz CT molecular complexity index is 686. The highest BCUT2D eigenvalue weighted by atomic mass is 16.3. The minimum absolute atomic E-state index is 0.261. The molecule has 0 atom stereocenters. The van der Waals surface area contributed by atoms with Crippen LogP contribution in [0.15, 0.2) is 48.8 Å². The third-order valence-electron chi connectivity index (χ3n) is 2.86. The lowest BCUT2D eigenvalue weighted by Gasteiger charge is -2.06. The molecule has 1 aromatic carbocycles. The average molecular weight is 239 g/mol. The molecule has 0 aliphatic heterocycles. The van der Waals surface area contributed by atoms with Crippen molar-refractivity contribution in [1.82, 2.24) is 9.55 Å². The molecule has 0 amide bonds. The molecular formula is C14H13N3O. The maximum Gasteiger partial charge on any atom is 0.139 e. The van der Waals surface area contributed by atoms with E-state index < -0.39 is 0 Å². The van der Waals surface area contributed by atoms with Crippen LogP contribution in [0.1, 0.15) is 0 Å². The molecule has 0 saturated carbocycles. The van der Waals surface area contributed by atoms with Gasteiger partial charge in [-0.05, 0) is 36.4 Å². The second kappa shape index (κ2) is 4.07. The van der Waals surface area contributed by atoms with Gasteiger partial charge in [0.2, 0.25) is 0 Å². The number of phenols is 1. The van der Waals surface area contributed by atoms with Gasteiger partial charge in [0.05, 0.1) is 11.9 Å². The summed E-state index contributed by atoms with van der Waals surface area (Å²) in [5.41, 5.74) is 2.82. The van der Waals surface area contributed by atoms with Crippen LogP contribution in [0.5, 0.6) is 5.75 Å². The van der Waals surface area contributed by atoms with Gasteiger partial charge in [0.1, 0.15) is 11.4 Å². The van der Waals surface area contributed by atoms with Crippen LogP contribution in [0.2, 0.25) is 0 Å². The van der Waals surface area contributed by atoms with Crippen LogP contribution in [0, 0.1) is 0 Å². The van der Waals surface area contributed by atoms with Crippen molar-refractivity contribution in [3.05, 3.63) is 48.8 Å². The van der Waals surface area contributed by atoms with Gasteiger partial charge in [0.15, 0.2) is 0 Å². The Labute approximate surface area is 105 Å². The number of pyridine rings is 1. The van der Waals surface area contributed by atoms with Gasteiger partial charge in [0.25, 0.3) is 0 Å². The van der Waals surface area contributed by atoms with Gasteiger partial charge in [-0.3, -0.25) is 0 Å². The maximum atomic E-state index is 9.22. The molecule has 3 aromatic rings. The molecule has 3 rings (SSSR count). The zero-order chi connectivity index (χ0) is 12.5. The minimum atomic E-state index is 0.261. The van der Waals surface area contributed by atoms with E-state index in [9.17, 15) is 5.11 Å². The van der Waals surface area contributed by atoms with Crippen molar-refractivity contribution in [2.24, 2.45) is 7.05 Å². The Morgan fingerprint density at radius 3 is 2.67 bits per heavy atom. The van der Waals surface area contributed by atoms with Crippen molar-refractivity contribution in [3.8, 4) is 5.75 Å². The molecule has 4 heteroatoms. The lowest BCUT2D eigenvalue weighted by molar-refractivity contribution is 0.475. The summed E-state index contributed by atoms with van der Waals surface area (Å²) in [7, 11) is 1.97. The van der Waals surface area contributed by atoms with Crippen molar-refractivity contribution in [2.45, 2.75) is 0 Å². The quantitative estimate of drug-likeness (QED) is 0.676. The van der Waals surface area contributed by atoms with Crippen molar-refractivity contribution in [1.29, 1.82) is 0 Å². The van der Waals surface area contributed by atoms with E-state index >= 15 is 0 Å². The molecule has 2 aromatic heterocycles. The molecular weight excluding hydrogens is 226 g/mol. The number of benzene rings is 1. The van der Waals surface area contributed by atoms with E-state index in [0.29, 0.717) is 0 Å². The van der Waals surface area contributed by atoms with Crippen LogP contribution in [-0.4, -0.2) is 14.7 Å². The highest BCUT2D eigenvalue weighted by molar-refractivity contribution is 5.80. The van der Waals surface area contributed by atoms with Gasteiger partial charge in [-0.25, -0.2) is 4.98 Å². The maximum absolute atomic E-state index is 9.22. The predicted molar refractivity (Wildman–Crippen MR) is 72.1 cm³/mol. The molecule has 0 aliphatic rings. The fourth-order valence-electron chi connectivity index (χ4n) is 1.93. The van der Waals surface area contributed by atoms with Crippen LogP contribution in [0.25, 0.3) is 11.0 Å². The third-order valence-corrected chi connectivity index (χ3v) is 2.86. The van der Waals surface area contributed by atoms with Gasteiger partial charge in [-0.2, -0.15) is 0 Å².